The summed E-state index contributed by atoms with van der Waals surface area (Å²) >= 11 is 9.22. The minimum absolute atomic E-state index is 0. The molecule has 0 bridgehead atoms. The van der Waals surface area contributed by atoms with Crippen molar-refractivity contribution in [3.63, 3.8) is 0 Å². The fraction of sp³-hybridized carbons (Fsp3) is 0.623. The van der Waals surface area contributed by atoms with E-state index < -0.39 is 113 Å². The first kappa shape index (κ1) is 99.3. The molecule has 100 heavy (non-hydrogen) atoms. The van der Waals surface area contributed by atoms with E-state index >= 15 is 0 Å². The summed E-state index contributed by atoms with van der Waals surface area (Å²) in [5.74, 6) is -2.47. The summed E-state index contributed by atoms with van der Waals surface area (Å²) in [6, 6.07) is -2.11. The molecule has 0 radical (unpaired) electrons. The molecule has 0 aromatic carbocycles. The molecule has 34 nitrogen and oxygen atoms in total. The van der Waals surface area contributed by atoms with Gasteiger partial charge in [0.2, 0.25) is 23.6 Å². The van der Waals surface area contributed by atoms with Crippen molar-refractivity contribution >= 4 is 191 Å². The smallest absolute Gasteiger partial charge is 0.731 e. The number of thioether (sulfide) groups is 4. The summed E-state index contributed by atoms with van der Waals surface area (Å²) in [6.45, 7) is 12.5. The van der Waals surface area contributed by atoms with Gasteiger partial charge in [-0.05, 0) is 62.5 Å². The number of hydrogen-bond acceptors (Lipinski definition) is 36. The molecule has 8 atom stereocenters. The number of thiazole rings is 3. The van der Waals surface area contributed by atoms with E-state index in [1.165, 1.54) is 94.1 Å². The van der Waals surface area contributed by atoms with E-state index in [1.54, 1.807) is 0 Å². The van der Waals surface area contributed by atoms with Gasteiger partial charge in [-0.3, -0.25) is 39.0 Å². The van der Waals surface area contributed by atoms with Crippen molar-refractivity contribution in [2.75, 3.05) is 77.4 Å². The van der Waals surface area contributed by atoms with Crippen LogP contribution in [0.25, 0.3) is 0 Å². The predicted molar refractivity (Wildman–Crippen MR) is 371 cm³/mol. The van der Waals surface area contributed by atoms with Gasteiger partial charge < -0.3 is 56.1 Å². The summed E-state index contributed by atoms with van der Waals surface area (Å²) in [6.07, 6.45) is 6.92. The monoisotopic (exact) mass is 1670 g/mol. The Morgan fingerprint density at radius 2 is 0.880 bits per heavy atom. The fourth-order valence-corrected chi connectivity index (χ4v) is 18.1. The molecule has 10 N–H and O–H groups in total. The molecule has 0 aliphatic carbocycles. The quantitative estimate of drug-likeness (QED) is 0.00730. The van der Waals surface area contributed by atoms with Crippen LogP contribution in [0.5, 0.6) is 0 Å². The first-order valence-corrected chi connectivity index (χ1v) is 40.4. The Kier molecular flexibility index (Phi) is 46.9. The van der Waals surface area contributed by atoms with Gasteiger partial charge in [0.1, 0.15) is 19.9 Å². The molecule has 546 valence electrons. The SMILES string of the molecule is CC(C)(O)C(=O)O.CCCSC[C@@H]1NC(=O)[C@H]1C.CCCSC[C@H]1[C@H](CC(=O)/C(=N\OC)c2cnc(N)s2)C(=O)N1S(=O)(=O)[O-].CCCSC[C@H]1[C@H](CC(=O)/C(=N\OC)c2cnc(N)s2)C(=O)N1S(=O)(=O)[O-].CCCSC[C@H]1[C@H](CC(=O)C(=N)c2cnc(N)s2)C(=O)N1S(=O)(=O)[O-].[HH].[K+].[K+].[K+]. The van der Waals surface area contributed by atoms with Crippen molar-refractivity contribution in [2.24, 2.45) is 34.0 Å². The van der Waals surface area contributed by atoms with Crippen molar-refractivity contribution in [2.45, 2.75) is 123 Å². The van der Waals surface area contributed by atoms with Gasteiger partial charge in [-0.15, -0.1) is 0 Å². The van der Waals surface area contributed by atoms with E-state index in [0.29, 0.717) is 28.7 Å². The first-order chi connectivity index (χ1) is 45.3. The van der Waals surface area contributed by atoms with Crippen molar-refractivity contribution in [3.8, 4) is 0 Å². The first-order valence-electron chi connectivity index (χ1n) is 29.3. The van der Waals surface area contributed by atoms with Crippen molar-refractivity contribution < 1.29 is 253 Å². The number of carbonyl (C=O) groups is 8. The van der Waals surface area contributed by atoms with Gasteiger partial charge in [-0.1, -0.05) is 78.9 Å². The number of β-lactam (4-membered cyclic amide) rings is 4. The van der Waals surface area contributed by atoms with Gasteiger partial charge in [0.05, 0.1) is 56.4 Å². The maximum absolute atomic E-state index is 12.6. The Labute approximate surface area is 739 Å². The molecule has 4 aliphatic heterocycles. The molecule has 47 heteroatoms. The largest absolute Gasteiger partial charge is 1.00 e. The van der Waals surface area contributed by atoms with Crippen LogP contribution in [0.4, 0.5) is 15.4 Å². The summed E-state index contributed by atoms with van der Waals surface area (Å²) in [5, 5.41) is 35.3. The van der Waals surface area contributed by atoms with Crippen LogP contribution in [0.1, 0.15) is 109 Å². The number of oxime groups is 2. The van der Waals surface area contributed by atoms with Crippen molar-refractivity contribution in [3.05, 3.63) is 33.2 Å². The Hall–Kier alpha value is -0.741. The van der Waals surface area contributed by atoms with Crippen LogP contribution in [-0.2, 0) is 78.9 Å². The molecule has 7 rings (SSSR count). The number of carbonyl (C=O) groups excluding carboxylic acids is 7. The van der Waals surface area contributed by atoms with E-state index in [9.17, 15) is 77.3 Å². The molecule has 4 fully saturated rings. The van der Waals surface area contributed by atoms with E-state index in [0.717, 1.165) is 76.3 Å². The maximum atomic E-state index is 12.6. The molecule has 3 aromatic rings. The molecule has 4 aliphatic rings. The van der Waals surface area contributed by atoms with Crippen LogP contribution in [0.3, 0.4) is 0 Å². The Balaban J connectivity index is 0. The van der Waals surface area contributed by atoms with E-state index in [4.69, 9.17) is 42.5 Å². The zero-order valence-corrected chi connectivity index (χ0v) is 74.5. The second-order valence-electron chi connectivity index (χ2n) is 21.6. The summed E-state index contributed by atoms with van der Waals surface area (Å²) < 4.78 is 103. The summed E-state index contributed by atoms with van der Waals surface area (Å²) in [4.78, 5) is 116. The van der Waals surface area contributed by atoms with Crippen LogP contribution in [-0.4, -0.2) is 231 Å². The fourth-order valence-electron chi connectivity index (χ4n) is 8.76. The molecule has 4 saturated heterocycles. The van der Waals surface area contributed by atoms with E-state index in [2.05, 4.69) is 37.5 Å². The van der Waals surface area contributed by atoms with Gasteiger partial charge in [0.15, 0.2) is 80.7 Å². The second kappa shape index (κ2) is 47.2. The van der Waals surface area contributed by atoms with Crippen LogP contribution in [0, 0.1) is 29.1 Å². The van der Waals surface area contributed by atoms with Crippen LogP contribution >= 0.6 is 81.1 Å². The Bertz CT molecular complexity index is 3550. The van der Waals surface area contributed by atoms with Gasteiger partial charge in [-0.25, -0.2) is 57.9 Å². The molecule has 3 aromatic heterocycles. The molecular formula is C53H80K3N13O21S10. The number of aliphatic carboxylic acids is 1. The maximum Gasteiger partial charge on any atom is 1.00 e. The van der Waals surface area contributed by atoms with Gasteiger partial charge >= 0.3 is 160 Å². The van der Waals surface area contributed by atoms with Crippen molar-refractivity contribution in [1.82, 2.24) is 33.2 Å². The van der Waals surface area contributed by atoms with Gasteiger partial charge in [0, 0.05) is 68.3 Å². The number of amides is 4. The molecule has 4 amide bonds. The Morgan fingerprint density at radius 3 is 1.11 bits per heavy atom. The number of nitrogens with zero attached hydrogens (tertiary/aromatic N) is 8. The third-order valence-electron chi connectivity index (χ3n) is 13.7. The van der Waals surface area contributed by atoms with Crippen LogP contribution < -0.4 is 177 Å². The van der Waals surface area contributed by atoms with Gasteiger partial charge in [0.25, 0.3) is 0 Å². The number of nitrogens with two attached hydrogens (primary N) is 3. The Morgan fingerprint density at radius 1 is 0.600 bits per heavy atom. The number of rotatable bonds is 34. The standard InChI is InChI=1S/2C14H20N4O6S3.C13H18N4O5S3.C8H15NOS.C4H8O3.3K.H2/c2*1-3-4-25-7-9-8(13(20)18(9)27(21,22)23)5-10(19)12(17-24-2)11-6-16-14(15)26-11;1-2-3-23-6-8-7(12(19)17(8)25(20,21)22)4-9(18)11(14)10-5-16-13(15)24-10;1-3-4-11-5-7-6(2)8(10)9-7;1-4(2,7)3(5)6;;;;/h2*6,8-9H,3-5,7H2,1-2H3,(H2,15,16)(H,21,22,23);5,7-8,14H,2-4,6H2,1H3,(H2,15,16)(H,20,21,22);6-7H,3-5H2,1-2H3,(H,9,10);7H,1-2H3,(H,5,6);;;;1H/q;;;;;3*+1;/p-3/b2*17-12+;;;;;;;/t2*8-,9-;7-,8-;6-,7-;;;;;/m0000...../s1. The third kappa shape index (κ3) is 30.4. The summed E-state index contributed by atoms with van der Waals surface area (Å²) in [5.41, 5.74) is 14.6. The number of nitrogens with one attached hydrogen (secondary N) is 2. The number of aromatic nitrogens is 3. The number of carboxylic acids is 1. The predicted octanol–water partition coefficient (Wildman–Crippen LogP) is -6.22. The second-order valence-corrected chi connectivity index (χ2v) is 33.1. The van der Waals surface area contributed by atoms with Gasteiger partial charge in [-0.2, -0.15) is 47.0 Å². The molecule has 7 heterocycles. The molecule has 0 unspecified atom stereocenters. The number of carboxylic acid groups (broad SMARTS) is 1. The normalized spacial score (nSPS) is 20.2. The minimum atomic E-state index is -4.92. The zero-order valence-electron chi connectivity index (χ0n) is 57.0. The number of nitrogen functional groups attached to an aromatic ring is 3. The van der Waals surface area contributed by atoms with E-state index in [-0.39, 0.29) is 241 Å². The average molecular weight is 1670 g/mol. The third-order valence-corrected chi connectivity index (χ3v) is 24.1. The number of ketones is 3. The number of hydrogen-bond donors (Lipinski definition) is 7. The topological polar surface area (TPSA) is 554 Å². The van der Waals surface area contributed by atoms with Crippen molar-refractivity contribution in [1.29, 1.82) is 5.41 Å². The van der Waals surface area contributed by atoms with Crippen LogP contribution in [0.15, 0.2) is 28.9 Å². The molecule has 0 saturated carbocycles. The number of anilines is 3. The molecular weight excluding hydrogens is 1590 g/mol. The van der Waals surface area contributed by atoms with Crippen LogP contribution in [0.2, 0.25) is 0 Å². The number of Topliss-reactive ketones (excluding diaryl/α,β-unsaturated/α-hetero) is 3. The van der Waals surface area contributed by atoms with E-state index in [1.807, 2.05) is 39.5 Å². The zero-order chi connectivity index (χ0) is 73.5. The summed E-state index contributed by atoms with van der Waals surface area (Å²) in [7, 11) is -12.2. The average Bonchev–Trinajstić information content (AvgIpc) is 0.982. The molecule has 0 spiro atoms. The number of aliphatic hydroxyl groups is 1. The minimum Gasteiger partial charge on any atom is -0.731 e.